The summed E-state index contributed by atoms with van der Waals surface area (Å²) in [6.07, 6.45) is 1.86. The Morgan fingerprint density at radius 2 is 1.20 bits per heavy atom. The Kier molecular flexibility index (Phi) is 5.42. The average Bonchev–Trinajstić information content (AvgIpc) is 3.26. The smallest absolute Gasteiger partial charge is 0.140 e. The Balaban J connectivity index is 2.00. The molecule has 3 heterocycles. The summed E-state index contributed by atoms with van der Waals surface area (Å²) in [6, 6.07) is 22.8. The number of nitrogens with zero attached hydrogens (tertiary/aromatic N) is 3. The van der Waals surface area contributed by atoms with E-state index in [4.69, 9.17) is 4.98 Å². The van der Waals surface area contributed by atoms with Crippen molar-refractivity contribution >= 4 is 5.57 Å². The van der Waals surface area contributed by atoms with Crippen molar-refractivity contribution in [1.29, 1.82) is 0 Å². The van der Waals surface area contributed by atoms with Crippen molar-refractivity contribution in [1.82, 2.24) is 14.1 Å². The van der Waals surface area contributed by atoms with Gasteiger partial charge in [0.2, 0.25) is 0 Å². The van der Waals surface area contributed by atoms with E-state index in [-0.39, 0.29) is 6.61 Å². The quantitative estimate of drug-likeness (QED) is 0.495. The van der Waals surface area contributed by atoms with Gasteiger partial charge in [0.05, 0.1) is 6.61 Å². The van der Waals surface area contributed by atoms with Gasteiger partial charge in [-0.05, 0) is 80.8 Å². The summed E-state index contributed by atoms with van der Waals surface area (Å²) >= 11 is 0. The number of benzene rings is 1. The summed E-state index contributed by atoms with van der Waals surface area (Å²) in [6.45, 7) is 8.34. The first-order valence-electron chi connectivity index (χ1n) is 10.2. The lowest BCUT2D eigenvalue weighted by Crippen LogP contribution is -2.09. The number of rotatable bonds is 5. The second-order valence-electron chi connectivity index (χ2n) is 7.64. The van der Waals surface area contributed by atoms with Crippen LogP contribution in [0.4, 0.5) is 0 Å². The molecule has 0 atom stereocenters. The van der Waals surface area contributed by atoms with Gasteiger partial charge in [-0.15, -0.1) is 0 Å². The maximum atomic E-state index is 9.74. The molecule has 0 spiro atoms. The normalized spacial score (nSPS) is 11.8. The van der Waals surface area contributed by atoms with Crippen LogP contribution in [0.25, 0.3) is 17.2 Å². The van der Waals surface area contributed by atoms with Crippen LogP contribution in [-0.2, 0) is 0 Å². The van der Waals surface area contributed by atoms with Crippen molar-refractivity contribution in [2.75, 3.05) is 6.61 Å². The molecule has 0 unspecified atom stereocenters. The molecule has 4 nitrogen and oxygen atoms in total. The van der Waals surface area contributed by atoms with Gasteiger partial charge in [-0.2, -0.15) is 0 Å². The van der Waals surface area contributed by atoms with Crippen LogP contribution in [0.3, 0.4) is 0 Å². The molecule has 4 rings (SSSR count). The van der Waals surface area contributed by atoms with Gasteiger partial charge in [0.15, 0.2) is 0 Å². The highest BCUT2D eigenvalue weighted by molar-refractivity contribution is 5.81. The molecular weight excluding hydrogens is 370 g/mol. The first kappa shape index (κ1) is 19.9. The Hall–Kier alpha value is -3.37. The number of hydrogen-bond acceptors (Lipinski definition) is 2. The molecule has 30 heavy (non-hydrogen) atoms. The maximum absolute atomic E-state index is 9.74. The summed E-state index contributed by atoms with van der Waals surface area (Å²) in [5.74, 6) is 1.74. The highest BCUT2D eigenvalue weighted by atomic mass is 16.2. The van der Waals surface area contributed by atoms with Crippen LogP contribution in [0.15, 0.2) is 72.8 Å². The molecule has 0 saturated carbocycles. The van der Waals surface area contributed by atoms with Crippen LogP contribution in [0.5, 0.6) is 0 Å². The fourth-order valence-corrected chi connectivity index (χ4v) is 4.06. The number of hydrogen-bond donors (Lipinski definition) is 1. The predicted molar refractivity (Wildman–Crippen MR) is 122 cm³/mol. The van der Waals surface area contributed by atoms with Crippen molar-refractivity contribution in [2.24, 2.45) is 0 Å². The second-order valence-corrected chi connectivity index (χ2v) is 7.64. The Morgan fingerprint density at radius 1 is 0.733 bits per heavy atom. The minimum absolute atomic E-state index is 0.0274. The Morgan fingerprint density at radius 3 is 1.63 bits per heavy atom. The van der Waals surface area contributed by atoms with E-state index in [2.05, 4.69) is 85.4 Å². The largest absolute Gasteiger partial charge is 0.392 e. The van der Waals surface area contributed by atoms with Gasteiger partial charge >= 0.3 is 0 Å². The molecule has 0 amide bonds. The Labute approximate surface area is 177 Å². The topological polar surface area (TPSA) is 43.0 Å². The van der Waals surface area contributed by atoms with Gasteiger partial charge in [-0.3, -0.25) is 0 Å². The molecule has 0 saturated heterocycles. The SMILES string of the molecule is Cc1ccc(C)n1-c1cc(/C(=C\CO)c2ccccc2)cc(-n2c(C)ccc2C)n1. The van der Waals surface area contributed by atoms with E-state index >= 15 is 0 Å². The van der Waals surface area contributed by atoms with Crippen LogP contribution in [0.2, 0.25) is 0 Å². The van der Waals surface area contributed by atoms with Gasteiger partial charge in [-0.1, -0.05) is 36.4 Å². The number of aromatic nitrogens is 3. The van der Waals surface area contributed by atoms with E-state index in [1.165, 1.54) is 0 Å². The van der Waals surface area contributed by atoms with E-state index in [0.717, 1.165) is 51.1 Å². The lowest BCUT2D eigenvalue weighted by atomic mass is 9.98. The van der Waals surface area contributed by atoms with Crippen molar-refractivity contribution in [2.45, 2.75) is 27.7 Å². The lowest BCUT2D eigenvalue weighted by Gasteiger charge is -2.17. The molecule has 152 valence electrons. The minimum Gasteiger partial charge on any atom is -0.392 e. The zero-order chi connectivity index (χ0) is 21.3. The minimum atomic E-state index is -0.0274. The van der Waals surface area contributed by atoms with Crippen molar-refractivity contribution in [3.63, 3.8) is 0 Å². The number of aliphatic hydroxyl groups excluding tert-OH is 1. The fourth-order valence-electron chi connectivity index (χ4n) is 4.06. The van der Waals surface area contributed by atoms with E-state index in [1.807, 2.05) is 24.3 Å². The highest BCUT2D eigenvalue weighted by Gasteiger charge is 2.15. The van der Waals surface area contributed by atoms with E-state index in [0.29, 0.717) is 0 Å². The molecule has 1 N–H and O–H groups in total. The molecular formula is C26H27N3O. The molecule has 0 aliphatic heterocycles. The van der Waals surface area contributed by atoms with Crippen LogP contribution in [0, 0.1) is 27.7 Å². The molecule has 0 aliphatic carbocycles. The molecule has 0 aliphatic rings. The number of aliphatic hydroxyl groups is 1. The summed E-state index contributed by atoms with van der Waals surface area (Å²) < 4.78 is 4.34. The molecule has 4 heteroatoms. The van der Waals surface area contributed by atoms with E-state index in [1.54, 1.807) is 0 Å². The summed E-state index contributed by atoms with van der Waals surface area (Å²) in [5, 5.41) is 9.74. The van der Waals surface area contributed by atoms with Crippen LogP contribution < -0.4 is 0 Å². The number of aryl methyl sites for hydroxylation is 4. The molecule has 3 aromatic heterocycles. The summed E-state index contributed by atoms with van der Waals surface area (Å²) in [7, 11) is 0. The first-order valence-corrected chi connectivity index (χ1v) is 10.2. The van der Waals surface area contributed by atoms with Gasteiger partial charge in [0.1, 0.15) is 11.6 Å². The lowest BCUT2D eigenvalue weighted by molar-refractivity contribution is 0.343. The third-order valence-corrected chi connectivity index (χ3v) is 5.49. The molecule has 0 radical (unpaired) electrons. The zero-order valence-corrected chi connectivity index (χ0v) is 17.9. The van der Waals surface area contributed by atoms with Gasteiger partial charge in [-0.25, -0.2) is 4.98 Å². The summed E-state index contributed by atoms with van der Waals surface area (Å²) in [4.78, 5) is 5.03. The second kappa shape index (κ2) is 8.17. The van der Waals surface area contributed by atoms with Gasteiger partial charge < -0.3 is 14.2 Å². The van der Waals surface area contributed by atoms with Gasteiger partial charge in [0, 0.05) is 22.8 Å². The van der Waals surface area contributed by atoms with Crippen LogP contribution >= 0.6 is 0 Å². The Bertz CT molecular complexity index is 1110. The first-order chi connectivity index (χ1) is 14.5. The summed E-state index contributed by atoms with van der Waals surface area (Å²) in [5.41, 5.74) is 7.63. The molecule has 0 fully saturated rings. The molecule has 4 aromatic rings. The monoisotopic (exact) mass is 397 g/mol. The highest BCUT2D eigenvalue weighted by Crippen LogP contribution is 2.28. The van der Waals surface area contributed by atoms with Crippen molar-refractivity contribution in [3.05, 3.63) is 107 Å². The fraction of sp³-hybridized carbons (Fsp3) is 0.192. The van der Waals surface area contributed by atoms with Crippen LogP contribution in [-0.4, -0.2) is 25.8 Å². The average molecular weight is 398 g/mol. The van der Waals surface area contributed by atoms with Crippen molar-refractivity contribution < 1.29 is 5.11 Å². The number of pyridine rings is 1. The predicted octanol–water partition coefficient (Wildman–Crippen LogP) is 5.32. The third-order valence-electron chi connectivity index (χ3n) is 5.49. The van der Waals surface area contributed by atoms with E-state index < -0.39 is 0 Å². The molecule has 1 aromatic carbocycles. The third kappa shape index (κ3) is 3.62. The van der Waals surface area contributed by atoms with E-state index in [9.17, 15) is 5.11 Å². The zero-order valence-electron chi connectivity index (χ0n) is 17.9. The standard InChI is InChI=1S/C26H27N3O/c1-18-10-11-19(2)28(18)25-16-23(24(14-15-30)22-8-6-5-7-9-22)17-26(27-25)29-20(3)12-13-21(29)4/h5-14,16-17,30H,15H2,1-4H3/b24-14-. The van der Waals surface area contributed by atoms with Crippen LogP contribution in [0.1, 0.15) is 33.9 Å². The molecule has 0 bridgehead atoms. The maximum Gasteiger partial charge on any atom is 0.140 e. The van der Waals surface area contributed by atoms with Crippen molar-refractivity contribution in [3.8, 4) is 11.6 Å². The van der Waals surface area contributed by atoms with Gasteiger partial charge in [0.25, 0.3) is 0 Å².